The number of amides is 2. The SMILES string of the molecule is CN1C(NC(=O)OC(C)(C)C)=N[C@](C)(c2cn(C)c3ccc(NC(=O)c4ccc(C#N)cn4)cc23)CS1(=O)=O. The summed E-state index contributed by atoms with van der Waals surface area (Å²) in [4.78, 5) is 33.9. The number of fused-ring (bicyclic) bond motifs is 1. The van der Waals surface area contributed by atoms with Gasteiger partial charge in [-0.25, -0.2) is 27.5 Å². The molecule has 1 aromatic carbocycles. The van der Waals surface area contributed by atoms with Gasteiger partial charge in [0.15, 0.2) is 0 Å². The van der Waals surface area contributed by atoms with E-state index in [1.165, 1.54) is 25.4 Å². The molecule has 0 saturated carbocycles. The maximum Gasteiger partial charge on any atom is 0.414 e. The first kappa shape index (κ1) is 27.6. The Morgan fingerprint density at radius 2 is 1.87 bits per heavy atom. The van der Waals surface area contributed by atoms with Gasteiger partial charge in [0.05, 0.1) is 11.3 Å². The molecule has 0 aliphatic carbocycles. The Morgan fingerprint density at radius 3 is 2.49 bits per heavy atom. The minimum absolute atomic E-state index is 0.137. The second kappa shape index (κ2) is 9.70. The summed E-state index contributed by atoms with van der Waals surface area (Å²) in [6.45, 7) is 6.77. The number of carbonyl (C=O) groups excluding carboxylic acids is 2. The summed E-state index contributed by atoms with van der Waals surface area (Å²) in [5.74, 6) is -0.974. The highest BCUT2D eigenvalue weighted by Crippen LogP contribution is 2.38. The molecule has 3 aromatic rings. The van der Waals surface area contributed by atoms with Crippen LogP contribution in [0.25, 0.3) is 10.9 Å². The standard InChI is InChI=1S/C26H29N7O5S/c1-25(2,3)38-24(35)30-23-31-26(4,15-39(36,37)33(23)6)19-14-32(5)21-10-8-17(11-18(19)21)29-22(34)20-9-7-16(12-27)13-28-20/h7-11,13-14H,15H2,1-6H3,(H,29,34)(H,30,31,35)/t26-/m0/s1. The second-order valence-corrected chi connectivity index (χ2v) is 12.4. The van der Waals surface area contributed by atoms with E-state index in [1.807, 2.05) is 17.7 Å². The van der Waals surface area contributed by atoms with Crippen LogP contribution >= 0.6 is 0 Å². The molecule has 2 N–H and O–H groups in total. The summed E-state index contributed by atoms with van der Waals surface area (Å²) in [6, 6.07) is 10.2. The first-order valence-electron chi connectivity index (χ1n) is 12.0. The highest BCUT2D eigenvalue weighted by Gasteiger charge is 2.43. The topological polar surface area (TPSA) is 159 Å². The molecule has 2 aromatic heterocycles. The number of guanidine groups is 1. The number of ether oxygens (including phenoxy) is 1. The lowest BCUT2D eigenvalue weighted by Gasteiger charge is -2.35. The highest BCUT2D eigenvalue weighted by molar-refractivity contribution is 7.89. The zero-order chi connectivity index (χ0) is 28.8. The third-order valence-electron chi connectivity index (χ3n) is 6.10. The normalized spacial score (nSPS) is 18.7. The van der Waals surface area contributed by atoms with E-state index in [4.69, 9.17) is 10.00 Å². The number of alkyl carbamates (subject to hydrolysis) is 1. The number of anilines is 1. The van der Waals surface area contributed by atoms with Gasteiger partial charge in [-0.3, -0.25) is 10.1 Å². The number of hydrogen-bond acceptors (Lipinski definition) is 8. The third-order valence-corrected chi connectivity index (χ3v) is 8.03. The molecule has 12 nitrogen and oxygen atoms in total. The predicted octanol–water partition coefficient (Wildman–Crippen LogP) is 3.07. The van der Waals surface area contributed by atoms with E-state index in [-0.39, 0.29) is 17.4 Å². The molecule has 3 heterocycles. The molecule has 204 valence electrons. The van der Waals surface area contributed by atoms with E-state index >= 15 is 0 Å². The molecule has 0 radical (unpaired) electrons. The van der Waals surface area contributed by atoms with Crippen molar-refractivity contribution in [1.82, 2.24) is 19.2 Å². The fraction of sp³-hybridized carbons (Fsp3) is 0.346. The number of benzene rings is 1. The second-order valence-electron chi connectivity index (χ2n) is 10.4. The van der Waals surface area contributed by atoms with Gasteiger partial charge in [-0.05, 0) is 58.0 Å². The largest absolute Gasteiger partial charge is 0.444 e. The van der Waals surface area contributed by atoms with Crippen molar-refractivity contribution in [2.75, 3.05) is 18.1 Å². The maximum absolute atomic E-state index is 13.2. The highest BCUT2D eigenvalue weighted by atomic mass is 32.2. The molecule has 0 saturated heterocycles. The third kappa shape index (κ3) is 5.70. The van der Waals surface area contributed by atoms with Crippen molar-refractivity contribution in [2.45, 2.75) is 38.8 Å². The van der Waals surface area contributed by atoms with E-state index in [2.05, 4.69) is 20.6 Å². The van der Waals surface area contributed by atoms with Crippen LogP contribution in [-0.2, 0) is 27.3 Å². The Labute approximate surface area is 226 Å². The van der Waals surface area contributed by atoms with Crippen molar-refractivity contribution in [3.05, 3.63) is 59.5 Å². The fourth-order valence-electron chi connectivity index (χ4n) is 4.25. The zero-order valence-corrected chi connectivity index (χ0v) is 23.3. The van der Waals surface area contributed by atoms with Crippen LogP contribution in [0, 0.1) is 11.3 Å². The minimum Gasteiger partial charge on any atom is -0.444 e. The van der Waals surface area contributed by atoms with Crippen molar-refractivity contribution in [3.63, 3.8) is 0 Å². The maximum atomic E-state index is 13.2. The van der Waals surface area contributed by atoms with Crippen molar-refractivity contribution in [2.24, 2.45) is 12.0 Å². The lowest BCUT2D eigenvalue weighted by atomic mass is 9.94. The quantitative estimate of drug-likeness (QED) is 0.506. The number of pyridine rings is 1. The molecule has 1 atom stereocenters. The Kier molecular flexibility index (Phi) is 6.86. The van der Waals surface area contributed by atoms with Gasteiger partial charge in [-0.1, -0.05) is 0 Å². The average molecular weight is 552 g/mol. The van der Waals surface area contributed by atoms with Gasteiger partial charge < -0.3 is 14.6 Å². The molecular formula is C26H29N7O5S. The summed E-state index contributed by atoms with van der Waals surface area (Å²) in [5, 5.41) is 14.9. The van der Waals surface area contributed by atoms with Gasteiger partial charge in [0, 0.05) is 48.6 Å². The zero-order valence-electron chi connectivity index (χ0n) is 22.4. The molecule has 0 fully saturated rings. The number of sulfonamides is 1. The first-order valence-corrected chi connectivity index (χ1v) is 13.6. The summed E-state index contributed by atoms with van der Waals surface area (Å²) in [5.41, 5.74) is 0.252. The number of hydrogen-bond donors (Lipinski definition) is 2. The molecule has 2 amide bonds. The van der Waals surface area contributed by atoms with Crippen molar-refractivity contribution in [1.29, 1.82) is 5.26 Å². The van der Waals surface area contributed by atoms with Crippen LogP contribution in [-0.4, -0.2) is 58.6 Å². The van der Waals surface area contributed by atoms with Gasteiger partial charge >= 0.3 is 6.09 Å². The summed E-state index contributed by atoms with van der Waals surface area (Å²) in [7, 11) is -0.725. The van der Waals surface area contributed by atoms with E-state index < -0.39 is 33.2 Å². The number of aryl methyl sites for hydroxylation is 1. The van der Waals surface area contributed by atoms with E-state index in [1.54, 1.807) is 52.1 Å². The number of nitrogens with zero attached hydrogens (tertiary/aromatic N) is 5. The minimum atomic E-state index is -3.86. The lowest BCUT2D eigenvalue weighted by Crippen LogP contribution is -2.54. The van der Waals surface area contributed by atoms with Gasteiger partial charge in [0.1, 0.15) is 22.9 Å². The van der Waals surface area contributed by atoms with Gasteiger partial charge in [-0.2, -0.15) is 5.26 Å². The molecule has 0 spiro atoms. The molecule has 0 unspecified atom stereocenters. The Bertz CT molecular complexity index is 1650. The predicted molar refractivity (Wildman–Crippen MR) is 146 cm³/mol. The van der Waals surface area contributed by atoms with Crippen LogP contribution < -0.4 is 10.6 Å². The Balaban J connectivity index is 1.73. The van der Waals surface area contributed by atoms with Gasteiger partial charge in [-0.15, -0.1) is 0 Å². The molecule has 1 aliphatic rings. The van der Waals surface area contributed by atoms with Gasteiger partial charge in [0.25, 0.3) is 5.91 Å². The number of aromatic nitrogens is 2. The fourth-order valence-corrected chi connectivity index (χ4v) is 5.72. The number of nitriles is 1. The molecule has 13 heteroatoms. The summed E-state index contributed by atoms with van der Waals surface area (Å²) < 4.78 is 34.4. The molecule has 4 rings (SSSR count). The summed E-state index contributed by atoms with van der Waals surface area (Å²) in [6.07, 6.45) is 2.27. The van der Waals surface area contributed by atoms with Crippen molar-refractivity contribution in [3.8, 4) is 6.07 Å². The molecular weight excluding hydrogens is 522 g/mol. The first-order chi connectivity index (χ1) is 18.1. The number of carbonyl (C=O) groups is 2. The van der Waals surface area contributed by atoms with Crippen molar-refractivity contribution < 1.29 is 22.7 Å². The average Bonchev–Trinajstić information content (AvgIpc) is 3.17. The van der Waals surface area contributed by atoms with Crippen LogP contribution in [0.5, 0.6) is 0 Å². The van der Waals surface area contributed by atoms with Crippen molar-refractivity contribution >= 4 is 44.6 Å². The number of rotatable bonds is 3. The summed E-state index contributed by atoms with van der Waals surface area (Å²) >= 11 is 0. The van der Waals surface area contributed by atoms with Crippen LogP contribution in [0.3, 0.4) is 0 Å². The van der Waals surface area contributed by atoms with Crippen LogP contribution in [0.1, 0.15) is 49.3 Å². The van der Waals surface area contributed by atoms with Crippen LogP contribution in [0.4, 0.5) is 10.5 Å². The van der Waals surface area contributed by atoms with E-state index in [0.717, 1.165) is 9.82 Å². The lowest BCUT2D eigenvalue weighted by molar-refractivity contribution is 0.0559. The molecule has 0 bridgehead atoms. The Hall–Kier alpha value is -4.44. The monoisotopic (exact) mass is 551 g/mol. The van der Waals surface area contributed by atoms with E-state index in [9.17, 15) is 18.0 Å². The van der Waals surface area contributed by atoms with Crippen LogP contribution in [0.15, 0.2) is 47.7 Å². The smallest absolute Gasteiger partial charge is 0.414 e. The van der Waals surface area contributed by atoms with E-state index in [0.29, 0.717) is 22.2 Å². The van der Waals surface area contributed by atoms with Gasteiger partial charge in [0.2, 0.25) is 16.0 Å². The molecule has 1 aliphatic heterocycles. The molecule has 39 heavy (non-hydrogen) atoms. The Morgan fingerprint density at radius 1 is 1.15 bits per heavy atom. The van der Waals surface area contributed by atoms with Crippen LogP contribution in [0.2, 0.25) is 0 Å². The number of nitrogens with one attached hydrogen (secondary N) is 2. The number of aliphatic imine (C=N–C) groups is 1.